The summed E-state index contributed by atoms with van der Waals surface area (Å²) in [6.45, 7) is 8.57. The maximum atomic E-state index is 12.6. The van der Waals surface area contributed by atoms with E-state index in [0.717, 1.165) is 18.5 Å². The van der Waals surface area contributed by atoms with Crippen LogP contribution in [0.4, 0.5) is 10.5 Å². The first-order valence-corrected chi connectivity index (χ1v) is 7.55. The molecule has 0 aromatic heterocycles. The Kier molecular flexibility index (Phi) is 4.94. The number of carbonyl (C=O) groups is 1. The Morgan fingerprint density at radius 2 is 1.81 bits per heavy atom. The van der Waals surface area contributed by atoms with Gasteiger partial charge >= 0.3 is 6.03 Å². The van der Waals surface area contributed by atoms with Gasteiger partial charge in [-0.1, -0.05) is 13.8 Å². The van der Waals surface area contributed by atoms with Crippen LogP contribution in [0, 0.1) is 0 Å². The molecule has 0 aliphatic carbocycles. The number of urea groups is 1. The second-order valence-electron chi connectivity index (χ2n) is 5.42. The fourth-order valence-electron chi connectivity index (χ4n) is 2.39. The molecule has 0 saturated heterocycles. The smallest absolute Gasteiger partial charge is 0.322 e. The van der Waals surface area contributed by atoms with Gasteiger partial charge in [0.1, 0.15) is 0 Å². The van der Waals surface area contributed by atoms with Gasteiger partial charge in [0.05, 0.1) is 0 Å². The van der Waals surface area contributed by atoms with Crippen molar-refractivity contribution in [3.8, 4) is 11.5 Å². The molecule has 2 amide bonds. The van der Waals surface area contributed by atoms with Crippen molar-refractivity contribution in [1.82, 2.24) is 4.90 Å². The number of rotatable bonds is 5. The van der Waals surface area contributed by atoms with E-state index in [1.165, 1.54) is 0 Å². The monoisotopic (exact) mass is 292 g/mol. The largest absolute Gasteiger partial charge is 0.454 e. The minimum Gasteiger partial charge on any atom is -0.454 e. The first-order chi connectivity index (χ1) is 10.1. The Bertz CT molecular complexity index is 494. The fourth-order valence-corrected chi connectivity index (χ4v) is 2.39. The van der Waals surface area contributed by atoms with Gasteiger partial charge in [-0.2, -0.15) is 0 Å². The van der Waals surface area contributed by atoms with Gasteiger partial charge in [-0.15, -0.1) is 0 Å². The van der Waals surface area contributed by atoms with E-state index in [-0.39, 0.29) is 24.9 Å². The van der Waals surface area contributed by atoms with Crippen LogP contribution in [0.15, 0.2) is 18.2 Å². The number of amides is 2. The van der Waals surface area contributed by atoms with Crippen LogP contribution < -0.4 is 14.8 Å². The normalized spacial score (nSPS) is 15.4. The molecule has 5 nitrogen and oxygen atoms in total. The zero-order chi connectivity index (χ0) is 15.4. The van der Waals surface area contributed by atoms with Gasteiger partial charge in [-0.3, -0.25) is 0 Å². The highest BCUT2D eigenvalue weighted by Gasteiger charge is 2.24. The Morgan fingerprint density at radius 3 is 2.43 bits per heavy atom. The van der Waals surface area contributed by atoms with Crippen LogP contribution in [0.2, 0.25) is 0 Å². The molecule has 1 aliphatic rings. The highest BCUT2D eigenvalue weighted by atomic mass is 16.7. The molecule has 2 atom stereocenters. The van der Waals surface area contributed by atoms with Gasteiger partial charge in [-0.25, -0.2) is 4.79 Å². The van der Waals surface area contributed by atoms with Crippen LogP contribution in [0.5, 0.6) is 11.5 Å². The summed E-state index contributed by atoms with van der Waals surface area (Å²) in [4.78, 5) is 14.5. The van der Waals surface area contributed by atoms with E-state index in [4.69, 9.17) is 9.47 Å². The molecular weight excluding hydrogens is 268 g/mol. The van der Waals surface area contributed by atoms with Gasteiger partial charge in [0.2, 0.25) is 6.79 Å². The molecule has 1 heterocycles. The lowest BCUT2D eigenvalue weighted by molar-refractivity contribution is 0.163. The van der Waals surface area contributed by atoms with Gasteiger partial charge in [0.15, 0.2) is 11.5 Å². The molecule has 116 valence electrons. The summed E-state index contributed by atoms with van der Waals surface area (Å²) in [5, 5.41) is 2.95. The third-order valence-electron chi connectivity index (χ3n) is 3.99. The highest BCUT2D eigenvalue weighted by Crippen LogP contribution is 2.34. The van der Waals surface area contributed by atoms with Crippen molar-refractivity contribution in [2.75, 3.05) is 12.1 Å². The van der Waals surface area contributed by atoms with Crippen LogP contribution >= 0.6 is 0 Å². The Labute approximate surface area is 126 Å². The van der Waals surface area contributed by atoms with Crippen LogP contribution in [0.1, 0.15) is 40.5 Å². The molecule has 0 bridgehead atoms. The first-order valence-electron chi connectivity index (χ1n) is 7.55. The summed E-state index contributed by atoms with van der Waals surface area (Å²) in [6.07, 6.45) is 1.86. The van der Waals surface area contributed by atoms with Gasteiger partial charge < -0.3 is 19.7 Å². The van der Waals surface area contributed by atoms with Crippen molar-refractivity contribution in [3.05, 3.63) is 18.2 Å². The Balaban J connectivity index is 2.11. The topological polar surface area (TPSA) is 50.8 Å². The van der Waals surface area contributed by atoms with E-state index >= 15 is 0 Å². The van der Waals surface area contributed by atoms with Crippen molar-refractivity contribution in [1.29, 1.82) is 0 Å². The van der Waals surface area contributed by atoms with E-state index in [2.05, 4.69) is 33.0 Å². The number of nitrogens with one attached hydrogen (secondary N) is 1. The van der Waals surface area contributed by atoms with Crippen molar-refractivity contribution in [2.24, 2.45) is 0 Å². The molecule has 0 fully saturated rings. The molecule has 0 saturated carbocycles. The summed E-state index contributed by atoms with van der Waals surface area (Å²) in [7, 11) is 0. The van der Waals surface area contributed by atoms with E-state index in [0.29, 0.717) is 11.5 Å². The molecule has 1 N–H and O–H groups in total. The quantitative estimate of drug-likeness (QED) is 0.897. The van der Waals surface area contributed by atoms with E-state index in [1.54, 1.807) is 6.07 Å². The lowest BCUT2D eigenvalue weighted by Gasteiger charge is -2.33. The average molecular weight is 292 g/mol. The molecular formula is C16H24N2O3. The predicted molar refractivity (Wildman–Crippen MR) is 82.9 cm³/mol. The Hall–Kier alpha value is -1.91. The summed E-state index contributed by atoms with van der Waals surface area (Å²) >= 11 is 0. The molecule has 0 spiro atoms. The van der Waals surface area contributed by atoms with Crippen molar-refractivity contribution in [3.63, 3.8) is 0 Å². The molecule has 2 rings (SSSR count). The van der Waals surface area contributed by atoms with Crippen molar-refractivity contribution < 1.29 is 14.3 Å². The summed E-state index contributed by atoms with van der Waals surface area (Å²) in [5.74, 6) is 1.39. The summed E-state index contributed by atoms with van der Waals surface area (Å²) < 4.78 is 10.6. The first kappa shape index (κ1) is 15.5. The van der Waals surface area contributed by atoms with Crippen LogP contribution in [-0.2, 0) is 0 Å². The number of benzene rings is 1. The van der Waals surface area contributed by atoms with Crippen LogP contribution in [-0.4, -0.2) is 29.8 Å². The van der Waals surface area contributed by atoms with Gasteiger partial charge in [-0.05, 0) is 38.8 Å². The molecule has 1 aromatic rings. The molecule has 0 unspecified atom stereocenters. The molecule has 1 aliphatic heterocycles. The Morgan fingerprint density at radius 1 is 1.19 bits per heavy atom. The van der Waals surface area contributed by atoms with Crippen LogP contribution in [0.25, 0.3) is 0 Å². The molecule has 5 heteroatoms. The maximum Gasteiger partial charge on any atom is 0.322 e. The fraction of sp³-hybridized carbons (Fsp3) is 0.562. The van der Waals surface area contributed by atoms with Gasteiger partial charge in [0.25, 0.3) is 0 Å². The lowest BCUT2D eigenvalue weighted by Crippen LogP contribution is -2.46. The molecule has 0 radical (unpaired) electrons. The summed E-state index contributed by atoms with van der Waals surface area (Å²) in [5.41, 5.74) is 0.723. The second-order valence-corrected chi connectivity index (χ2v) is 5.42. The number of nitrogens with zero attached hydrogens (tertiary/aromatic N) is 1. The standard InChI is InChI=1S/C16H24N2O3/c1-5-11(3)18(12(4)6-2)16(19)17-13-7-8-14-15(9-13)21-10-20-14/h7-9,11-12H,5-6,10H2,1-4H3,(H,17,19)/t11-,12-/m1/s1. The van der Waals surface area contributed by atoms with E-state index in [1.807, 2.05) is 17.0 Å². The maximum absolute atomic E-state index is 12.6. The SMILES string of the molecule is CC[C@@H](C)N(C(=O)Nc1ccc2c(c1)OCO2)[C@H](C)CC. The van der Waals surface area contributed by atoms with Crippen LogP contribution in [0.3, 0.4) is 0 Å². The zero-order valence-electron chi connectivity index (χ0n) is 13.2. The number of ether oxygens (including phenoxy) is 2. The third kappa shape index (κ3) is 3.40. The number of hydrogen-bond acceptors (Lipinski definition) is 3. The highest BCUT2D eigenvalue weighted by molar-refractivity contribution is 5.90. The van der Waals surface area contributed by atoms with Crippen molar-refractivity contribution in [2.45, 2.75) is 52.6 Å². The van der Waals surface area contributed by atoms with E-state index < -0.39 is 0 Å². The molecule has 21 heavy (non-hydrogen) atoms. The number of carbonyl (C=O) groups excluding carboxylic acids is 1. The predicted octanol–water partition coefficient (Wildman–Crippen LogP) is 3.85. The summed E-state index contributed by atoms with van der Waals surface area (Å²) in [6, 6.07) is 5.78. The minimum absolute atomic E-state index is 0.0717. The van der Waals surface area contributed by atoms with E-state index in [9.17, 15) is 4.79 Å². The van der Waals surface area contributed by atoms with Crippen molar-refractivity contribution >= 4 is 11.7 Å². The third-order valence-corrected chi connectivity index (χ3v) is 3.99. The molecule has 1 aromatic carbocycles. The van der Waals surface area contributed by atoms with Gasteiger partial charge in [0, 0.05) is 23.8 Å². The number of fused-ring (bicyclic) bond motifs is 1. The average Bonchev–Trinajstić information content (AvgIpc) is 2.94. The number of anilines is 1. The number of hydrogen-bond donors (Lipinski definition) is 1. The lowest BCUT2D eigenvalue weighted by atomic mass is 10.1. The second kappa shape index (κ2) is 6.70. The zero-order valence-corrected chi connectivity index (χ0v) is 13.2. The minimum atomic E-state index is -0.0717.